The molecule has 122 valence electrons. The molecule has 0 aliphatic heterocycles. The van der Waals surface area contributed by atoms with E-state index in [0.29, 0.717) is 11.7 Å². The van der Waals surface area contributed by atoms with Crippen LogP contribution >= 0.6 is 0 Å². The molecule has 1 nitrogen and oxygen atoms in total. The van der Waals surface area contributed by atoms with E-state index in [9.17, 15) is 5.11 Å². The summed E-state index contributed by atoms with van der Waals surface area (Å²) in [6.07, 6.45) is 3.07. The van der Waals surface area contributed by atoms with Gasteiger partial charge in [-0.2, -0.15) is 0 Å². The minimum atomic E-state index is 0.394. The van der Waals surface area contributed by atoms with Crippen LogP contribution in [0.2, 0.25) is 0 Å². The van der Waals surface area contributed by atoms with Crippen molar-refractivity contribution in [3.8, 4) is 5.75 Å². The number of hydrogen-bond donors (Lipinski definition) is 1. The molecule has 0 aromatic heterocycles. The number of hydrogen-bond acceptors (Lipinski definition) is 1. The molecule has 0 aliphatic carbocycles. The fourth-order valence-corrected chi connectivity index (χ4v) is 3.31. The molecule has 0 saturated heterocycles. The van der Waals surface area contributed by atoms with Gasteiger partial charge in [-0.15, -0.1) is 0 Å². The summed E-state index contributed by atoms with van der Waals surface area (Å²) >= 11 is 0. The average molecular weight is 316 g/mol. The Morgan fingerprint density at radius 3 is 1.75 bits per heavy atom. The molecular formula is C23H24O. The molecule has 0 atom stereocenters. The Balaban J connectivity index is 1.82. The zero-order valence-electron chi connectivity index (χ0n) is 14.2. The number of aromatic hydroxyl groups is 1. The highest BCUT2D eigenvalue weighted by molar-refractivity contribution is 5.38. The molecule has 0 amide bonds. The smallest absolute Gasteiger partial charge is 0.118 e. The number of phenolic OH excluding ortho intramolecular Hbond substituents is 1. The Morgan fingerprint density at radius 2 is 1.21 bits per heavy atom. The topological polar surface area (TPSA) is 20.2 Å². The third kappa shape index (κ3) is 4.26. The lowest BCUT2D eigenvalue weighted by molar-refractivity contribution is 0.466. The standard InChI is InChI=1S/C23H24O/c1-18-22(13-8-14-23(18)24)17-21(15-19-9-4-2-5-10-19)16-20-11-6-3-7-12-20/h2-14,21,24H,15-17H2,1H3. The van der Waals surface area contributed by atoms with Gasteiger partial charge in [-0.1, -0.05) is 72.8 Å². The van der Waals surface area contributed by atoms with Gasteiger partial charge >= 0.3 is 0 Å². The summed E-state index contributed by atoms with van der Waals surface area (Å²) in [5.74, 6) is 0.904. The van der Waals surface area contributed by atoms with Crippen LogP contribution in [0.25, 0.3) is 0 Å². The lowest BCUT2D eigenvalue weighted by atomic mass is 9.86. The van der Waals surface area contributed by atoms with Gasteiger partial charge < -0.3 is 5.11 Å². The normalized spacial score (nSPS) is 10.9. The molecule has 3 aromatic rings. The van der Waals surface area contributed by atoms with E-state index in [0.717, 1.165) is 24.8 Å². The van der Waals surface area contributed by atoms with Crippen LogP contribution in [-0.2, 0) is 19.3 Å². The highest BCUT2D eigenvalue weighted by Crippen LogP contribution is 2.25. The minimum Gasteiger partial charge on any atom is -0.508 e. The van der Waals surface area contributed by atoms with E-state index in [-0.39, 0.29) is 0 Å². The lowest BCUT2D eigenvalue weighted by Gasteiger charge is -2.19. The Labute approximate surface area is 144 Å². The summed E-state index contributed by atoms with van der Waals surface area (Å²) in [7, 11) is 0. The Bertz CT molecular complexity index is 721. The van der Waals surface area contributed by atoms with Gasteiger partial charge in [0.1, 0.15) is 5.75 Å². The second kappa shape index (κ2) is 7.83. The number of benzene rings is 3. The van der Waals surface area contributed by atoms with Crippen molar-refractivity contribution in [3.05, 3.63) is 101 Å². The maximum atomic E-state index is 9.99. The molecule has 24 heavy (non-hydrogen) atoms. The van der Waals surface area contributed by atoms with Gasteiger partial charge in [0.25, 0.3) is 0 Å². The zero-order chi connectivity index (χ0) is 16.8. The van der Waals surface area contributed by atoms with Gasteiger partial charge in [-0.25, -0.2) is 0 Å². The molecule has 0 unspecified atom stereocenters. The minimum absolute atomic E-state index is 0.394. The first kappa shape index (κ1) is 16.3. The molecule has 0 fully saturated rings. The Kier molecular flexibility index (Phi) is 5.32. The molecule has 0 bridgehead atoms. The van der Waals surface area contributed by atoms with Crippen molar-refractivity contribution in [2.24, 2.45) is 5.92 Å². The predicted molar refractivity (Wildman–Crippen MR) is 100 cm³/mol. The van der Waals surface area contributed by atoms with E-state index < -0.39 is 0 Å². The van der Waals surface area contributed by atoms with Gasteiger partial charge in [0.05, 0.1) is 0 Å². The molecular weight excluding hydrogens is 292 g/mol. The van der Waals surface area contributed by atoms with Gasteiger partial charge in [-0.3, -0.25) is 0 Å². The molecule has 0 aliphatic rings. The highest BCUT2D eigenvalue weighted by Gasteiger charge is 2.14. The highest BCUT2D eigenvalue weighted by atomic mass is 16.3. The number of rotatable bonds is 6. The van der Waals surface area contributed by atoms with E-state index in [1.165, 1.54) is 16.7 Å². The van der Waals surface area contributed by atoms with E-state index in [2.05, 4.69) is 66.7 Å². The van der Waals surface area contributed by atoms with E-state index in [1.807, 2.05) is 13.0 Å². The van der Waals surface area contributed by atoms with Crippen LogP contribution in [0.3, 0.4) is 0 Å². The molecule has 1 N–H and O–H groups in total. The average Bonchev–Trinajstić information content (AvgIpc) is 2.61. The largest absolute Gasteiger partial charge is 0.508 e. The van der Waals surface area contributed by atoms with Crippen molar-refractivity contribution >= 4 is 0 Å². The number of phenols is 1. The molecule has 0 spiro atoms. The first-order valence-electron chi connectivity index (χ1n) is 8.57. The van der Waals surface area contributed by atoms with Crippen LogP contribution < -0.4 is 0 Å². The van der Waals surface area contributed by atoms with Crippen LogP contribution in [0.4, 0.5) is 0 Å². The SMILES string of the molecule is Cc1c(O)cccc1CC(Cc1ccccc1)Cc1ccccc1. The quantitative estimate of drug-likeness (QED) is 0.650. The molecule has 0 radical (unpaired) electrons. The molecule has 1 heteroatoms. The summed E-state index contributed by atoms with van der Waals surface area (Å²) in [6, 6.07) is 27.2. The van der Waals surface area contributed by atoms with Gasteiger partial charge in [0.15, 0.2) is 0 Å². The van der Waals surface area contributed by atoms with Crippen molar-refractivity contribution < 1.29 is 5.11 Å². The van der Waals surface area contributed by atoms with E-state index >= 15 is 0 Å². The molecule has 0 saturated carbocycles. The van der Waals surface area contributed by atoms with Gasteiger partial charge in [0.2, 0.25) is 0 Å². The Hall–Kier alpha value is -2.54. The summed E-state index contributed by atoms with van der Waals surface area (Å²) in [5.41, 5.74) is 4.99. The lowest BCUT2D eigenvalue weighted by Crippen LogP contribution is -2.12. The molecule has 3 aromatic carbocycles. The molecule has 3 rings (SSSR count). The third-order valence-corrected chi connectivity index (χ3v) is 4.66. The summed E-state index contributed by atoms with van der Waals surface area (Å²) in [5, 5.41) is 9.99. The van der Waals surface area contributed by atoms with Crippen LogP contribution in [0, 0.1) is 12.8 Å². The van der Waals surface area contributed by atoms with Crippen molar-refractivity contribution in [3.63, 3.8) is 0 Å². The van der Waals surface area contributed by atoms with Crippen molar-refractivity contribution in [2.75, 3.05) is 0 Å². The van der Waals surface area contributed by atoms with Crippen LogP contribution in [0.15, 0.2) is 78.9 Å². The van der Waals surface area contributed by atoms with Crippen LogP contribution in [0.5, 0.6) is 5.75 Å². The zero-order valence-corrected chi connectivity index (χ0v) is 14.2. The van der Waals surface area contributed by atoms with Gasteiger partial charge in [-0.05, 0) is 60.4 Å². The first-order valence-corrected chi connectivity index (χ1v) is 8.57. The van der Waals surface area contributed by atoms with E-state index in [1.54, 1.807) is 6.07 Å². The second-order valence-electron chi connectivity index (χ2n) is 6.51. The summed E-state index contributed by atoms with van der Waals surface area (Å²) < 4.78 is 0. The maximum absolute atomic E-state index is 9.99. The first-order chi connectivity index (χ1) is 11.7. The maximum Gasteiger partial charge on any atom is 0.118 e. The monoisotopic (exact) mass is 316 g/mol. The van der Waals surface area contributed by atoms with Crippen LogP contribution in [0.1, 0.15) is 22.3 Å². The van der Waals surface area contributed by atoms with Gasteiger partial charge in [0, 0.05) is 0 Å². The predicted octanol–water partition coefficient (Wildman–Crippen LogP) is 5.34. The summed E-state index contributed by atoms with van der Waals surface area (Å²) in [6.45, 7) is 2.01. The van der Waals surface area contributed by atoms with Crippen molar-refractivity contribution in [2.45, 2.75) is 26.2 Å². The van der Waals surface area contributed by atoms with Crippen LogP contribution in [-0.4, -0.2) is 5.11 Å². The third-order valence-electron chi connectivity index (χ3n) is 4.66. The van der Waals surface area contributed by atoms with Crippen molar-refractivity contribution in [1.29, 1.82) is 0 Å². The second-order valence-corrected chi connectivity index (χ2v) is 6.51. The fourth-order valence-electron chi connectivity index (χ4n) is 3.31. The van der Waals surface area contributed by atoms with E-state index in [4.69, 9.17) is 0 Å². The Morgan fingerprint density at radius 1 is 0.667 bits per heavy atom. The fraction of sp³-hybridized carbons (Fsp3) is 0.217. The molecule has 0 heterocycles. The van der Waals surface area contributed by atoms with Crippen molar-refractivity contribution in [1.82, 2.24) is 0 Å². The summed E-state index contributed by atoms with van der Waals surface area (Å²) in [4.78, 5) is 0.